The number of aryl methyl sites for hydroxylation is 1. The second-order valence-corrected chi connectivity index (χ2v) is 5.27. The van der Waals surface area contributed by atoms with Gasteiger partial charge in [0, 0.05) is 16.9 Å². The van der Waals surface area contributed by atoms with Crippen LogP contribution in [0, 0.1) is 0 Å². The molecule has 1 aromatic heterocycles. The minimum atomic E-state index is -0.783. The Morgan fingerprint density at radius 2 is 2.00 bits per heavy atom. The van der Waals surface area contributed by atoms with Crippen molar-refractivity contribution in [3.63, 3.8) is 0 Å². The van der Waals surface area contributed by atoms with Crippen LogP contribution >= 0.6 is 15.9 Å². The molecular weight excluding hydrogens is 306 g/mol. The highest BCUT2D eigenvalue weighted by Crippen LogP contribution is 2.22. The summed E-state index contributed by atoms with van der Waals surface area (Å²) < 4.78 is 0.914. The third-order valence-corrected chi connectivity index (χ3v) is 3.42. The molecule has 0 radical (unpaired) electrons. The van der Waals surface area contributed by atoms with Crippen LogP contribution in [-0.2, 0) is 11.2 Å². The first kappa shape index (κ1) is 13.7. The normalized spacial score (nSPS) is 12.1. The lowest BCUT2D eigenvalue weighted by Gasteiger charge is -2.12. The van der Waals surface area contributed by atoms with Crippen LogP contribution in [0.25, 0.3) is 0 Å². The second-order valence-electron chi connectivity index (χ2n) is 4.35. The first-order valence-electron chi connectivity index (χ1n) is 6.04. The first-order chi connectivity index (χ1) is 9.16. The van der Waals surface area contributed by atoms with E-state index < -0.39 is 11.9 Å². The number of carboxylic acid groups (broad SMARTS) is 1. The molecule has 1 N–H and O–H groups in total. The molecule has 4 heteroatoms. The van der Waals surface area contributed by atoms with Crippen molar-refractivity contribution in [1.82, 2.24) is 4.98 Å². The van der Waals surface area contributed by atoms with Crippen molar-refractivity contribution in [3.05, 3.63) is 64.4 Å². The Morgan fingerprint density at radius 3 is 2.63 bits per heavy atom. The first-order valence-corrected chi connectivity index (χ1v) is 6.83. The third kappa shape index (κ3) is 3.89. The summed E-state index contributed by atoms with van der Waals surface area (Å²) in [4.78, 5) is 15.4. The van der Waals surface area contributed by atoms with E-state index >= 15 is 0 Å². The number of carboxylic acids is 1. The largest absolute Gasteiger partial charge is 0.481 e. The topological polar surface area (TPSA) is 50.2 Å². The Bertz CT molecular complexity index is 557. The fraction of sp³-hybridized carbons (Fsp3) is 0.200. The number of hydrogen-bond acceptors (Lipinski definition) is 2. The van der Waals surface area contributed by atoms with E-state index in [1.54, 1.807) is 12.4 Å². The lowest BCUT2D eigenvalue weighted by atomic mass is 9.93. The van der Waals surface area contributed by atoms with Crippen LogP contribution in [0.2, 0.25) is 0 Å². The molecule has 0 bridgehead atoms. The molecule has 0 saturated carbocycles. The van der Waals surface area contributed by atoms with Crippen LogP contribution in [0.15, 0.2) is 53.3 Å². The molecule has 0 spiro atoms. The molecule has 1 heterocycles. The highest BCUT2D eigenvalue weighted by atomic mass is 79.9. The summed E-state index contributed by atoms with van der Waals surface area (Å²) in [5, 5.41) is 9.33. The Labute approximate surface area is 120 Å². The molecule has 1 unspecified atom stereocenters. The maximum atomic E-state index is 11.4. The quantitative estimate of drug-likeness (QED) is 0.915. The number of halogens is 1. The van der Waals surface area contributed by atoms with Gasteiger partial charge in [0.25, 0.3) is 0 Å². The van der Waals surface area contributed by atoms with Gasteiger partial charge in [0.05, 0.1) is 5.92 Å². The van der Waals surface area contributed by atoms with E-state index in [9.17, 15) is 9.90 Å². The molecule has 2 aromatic rings. The van der Waals surface area contributed by atoms with Gasteiger partial charge in [-0.3, -0.25) is 9.78 Å². The molecule has 2 rings (SSSR count). The number of nitrogens with zero attached hydrogens (tertiary/aromatic N) is 1. The number of benzene rings is 1. The highest BCUT2D eigenvalue weighted by Gasteiger charge is 2.19. The lowest BCUT2D eigenvalue weighted by molar-refractivity contribution is -0.138. The van der Waals surface area contributed by atoms with E-state index in [1.165, 1.54) is 0 Å². The van der Waals surface area contributed by atoms with Crippen molar-refractivity contribution < 1.29 is 9.90 Å². The van der Waals surface area contributed by atoms with Crippen molar-refractivity contribution in [2.75, 3.05) is 0 Å². The molecule has 0 saturated heterocycles. The standard InChI is InChI=1S/C15H14BrNO2/c16-13-8-11(9-17-10-13)6-7-14(15(18)19)12-4-2-1-3-5-12/h1-5,8-10,14H,6-7H2,(H,18,19). The summed E-state index contributed by atoms with van der Waals surface area (Å²) in [6.45, 7) is 0. The molecule has 1 aromatic carbocycles. The van der Waals surface area contributed by atoms with E-state index in [1.807, 2.05) is 36.4 Å². The minimum absolute atomic E-state index is 0.472. The van der Waals surface area contributed by atoms with Gasteiger partial charge in [0.2, 0.25) is 0 Å². The average Bonchev–Trinajstić information content (AvgIpc) is 2.40. The summed E-state index contributed by atoms with van der Waals surface area (Å²) in [5.74, 6) is -1.26. The number of hydrogen-bond donors (Lipinski definition) is 1. The molecule has 3 nitrogen and oxygen atoms in total. The fourth-order valence-electron chi connectivity index (χ4n) is 2.02. The van der Waals surface area contributed by atoms with Gasteiger partial charge in [0.15, 0.2) is 0 Å². The predicted molar refractivity (Wildman–Crippen MR) is 77.1 cm³/mol. The summed E-state index contributed by atoms with van der Waals surface area (Å²) in [6, 6.07) is 11.3. The Balaban J connectivity index is 2.08. The van der Waals surface area contributed by atoms with E-state index in [0.29, 0.717) is 12.8 Å². The maximum Gasteiger partial charge on any atom is 0.310 e. The van der Waals surface area contributed by atoms with E-state index in [0.717, 1.165) is 15.6 Å². The predicted octanol–water partition coefficient (Wildman–Crippen LogP) is 3.65. The van der Waals surface area contributed by atoms with Gasteiger partial charge in [-0.25, -0.2) is 0 Å². The van der Waals surface area contributed by atoms with Gasteiger partial charge in [-0.15, -0.1) is 0 Å². The minimum Gasteiger partial charge on any atom is -0.481 e. The number of pyridine rings is 1. The zero-order valence-corrected chi connectivity index (χ0v) is 11.9. The van der Waals surface area contributed by atoms with Gasteiger partial charge in [0.1, 0.15) is 0 Å². The molecule has 0 fully saturated rings. The average molecular weight is 320 g/mol. The Morgan fingerprint density at radius 1 is 1.26 bits per heavy atom. The Hall–Kier alpha value is -1.68. The Kier molecular flexibility index (Phi) is 4.68. The molecule has 0 aliphatic carbocycles. The number of aromatic nitrogens is 1. The number of carbonyl (C=O) groups is 1. The molecule has 1 atom stereocenters. The van der Waals surface area contributed by atoms with E-state index in [-0.39, 0.29) is 0 Å². The smallest absolute Gasteiger partial charge is 0.310 e. The van der Waals surface area contributed by atoms with Crippen LogP contribution < -0.4 is 0 Å². The van der Waals surface area contributed by atoms with Gasteiger partial charge in [-0.1, -0.05) is 30.3 Å². The molecule has 98 valence electrons. The summed E-state index contributed by atoms with van der Waals surface area (Å²) in [6.07, 6.45) is 4.75. The van der Waals surface area contributed by atoms with Gasteiger partial charge < -0.3 is 5.11 Å². The molecular formula is C15H14BrNO2. The fourth-order valence-corrected chi connectivity index (χ4v) is 2.43. The lowest BCUT2D eigenvalue weighted by Crippen LogP contribution is -2.12. The van der Waals surface area contributed by atoms with Gasteiger partial charge >= 0.3 is 5.97 Å². The monoisotopic (exact) mass is 319 g/mol. The highest BCUT2D eigenvalue weighted by molar-refractivity contribution is 9.10. The van der Waals surface area contributed by atoms with Crippen LogP contribution in [0.5, 0.6) is 0 Å². The summed E-state index contributed by atoms with van der Waals surface area (Å²) in [7, 11) is 0. The SMILES string of the molecule is O=C(O)C(CCc1cncc(Br)c1)c1ccccc1. The van der Waals surface area contributed by atoms with Gasteiger partial charge in [-0.2, -0.15) is 0 Å². The maximum absolute atomic E-state index is 11.4. The van der Waals surface area contributed by atoms with Crippen molar-refractivity contribution >= 4 is 21.9 Å². The van der Waals surface area contributed by atoms with E-state index in [4.69, 9.17) is 0 Å². The third-order valence-electron chi connectivity index (χ3n) is 2.98. The van der Waals surface area contributed by atoms with Gasteiger partial charge in [-0.05, 0) is 46.0 Å². The number of aliphatic carboxylic acids is 1. The van der Waals surface area contributed by atoms with E-state index in [2.05, 4.69) is 20.9 Å². The van der Waals surface area contributed by atoms with Crippen LogP contribution in [0.1, 0.15) is 23.5 Å². The molecule has 0 amide bonds. The van der Waals surface area contributed by atoms with Crippen molar-refractivity contribution in [1.29, 1.82) is 0 Å². The summed E-state index contributed by atoms with van der Waals surface area (Å²) in [5.41, 5.74) is 1.88. The summed E-state index contributed by atoms with van der Waals surface area (Å²) >= 11 is 3.36. The molecule has 0 aliphatic rings. The van der Waals surface area contributed by atoms with Crippen molar-refractivity contribution in [3.8, 4) is 0 Å². The van der Waals surface area contributed by atoms with Crippen LogP contribution in [0.4, 0.5) is 0 Å². The van der Waals surface area contributed by atoms with Crippen molar-refractivity contribution in [2.24, 2.45) is 0 Å². The van der Waals surface area contributed by atoms with Crippen LogP contribution in [0.3, 0.4) is 0 Å². The zero-order chi connectivity index (χ0) is 13.7. The van der Waals surface area contributed by atoms with Crippen molar-refractivity contribution in [2.45, 2.75) is 18.8 Å². The zero-order valence-electron chi connectivity index (χ0n) is 10.3. The number of rotatable bonds is 5. The van der Waals surface area contributed by atoms with Crippen LogP contribution in [-0.4, -0.2) is 16.1 Å². The molecule has 0 aliphatic heterocycles. The molecule has 19 heavy (non-hydrogen) atoms. The second kappa shape index (κ2) is 6.48.